The maximum absolute atomic E-state index is 12.9. The molecule has 0 unspecified atom stereocenters. The lowest BCUT2D eigenvalue weighted by Crippen LogP contribution is -2.06. The van der Waals surface area contributed by atoms with Gasteiger partial charge < -0.3 is 10.1 Å². The van der Waals surface area contributed by atoms with Crippen LogP contribution in [0.15, 0.2) is 66.7 Å². The first kappa shape index (κ1) is 19.8. The predicted octanol–water partition coefficient (Wildman–Crippen LogP) is 6.09. The lowest BCUT2D eigenvalue weighted by molar-refractivity contribution is -0.137. The fraction of sp³-hybridized carbons (Fsp3) is 0.125. The summed E-state index contributed by atoms with van der Waals surface area (Å²) in [6, 6.07) is 18.5. The topological polar surface area (TPSA) is 38.3 Å². The molecular weight excluding hydrogens is 391 g/mol. The van der Waals surface area contributed by atoms with Gasteiger partial charge in [0.1, 0.15) is 12.4 Å². The lowest BCUT2D eigenvalue weighted by Gasteiger charge is -2.08. The molecule has 1 aliphatic heterocycles. The van der Waals surface area contributed by atoms with Crippen molar-refractivity contribution >= 4 is 23.2 Å². The number of hydrogen-bond acceptors (Lipinski definition) is 2. The maximum Gasteiger partial charge on any atom is 0.416 e. The van der Waals surface area contributed by atoms with Gasteiger partial charge in [-0.1, -0.05) is 48.0 Å². The monoisotopic (exact) mass is 409 g/mol. The summed E-state index contributed by atoms with van der Waals surface area (Å²) in [4.78, 5) is 12.3. The zero-order valence-corrected chi connectivity index (χ0v) is 16.1. The number of aryl methyl sites for hydroxylation is 1. The van der Waals surface area contributed by atoms with Crippen LogP contribution in [0.4, 0.5) is 18.9 Å². The average molecular weight is 409 g/mol. The van der Waals surface area contributed by atoms with Gasteiger partial charge in [0.05, 0.1) is 5.56 Å². The smallest absolute Gasteiger partial charge is 0.416 e. The molecular formula is C24H18F3NO2. The lowest BCUT2D eigenvalue weighted by atomic mass is 10.0. The van der Waals surface area contributed by atoms with Crippen LogP contribution in [0, 0.1) is 6.92 Å². The fourth-order valence-electron chi connectivity index (χ4n) is 3.31. The number of anilines is 1. The second kappa shape index (κ2) is 7.71. The molecule has 30 heavy (non-hydrogen) atoms. The quantitative estimate of drug-likeness (QED) is 0.530. The van der Waals surface area contributed by atoms with Gasteiger partial charge in [-0.2, -0.15) is 13.2 Å². The van der Waals surface area contributed by atoms with Gasteiger partial charge in [0.25, 0.3) is 5.91 Å². The largest absolute Gasteiger partial charge is 0.489 e. The van der Waals surface area contributed by atoms with Gasteiger partial charge in [-0.05, 0) is 48.4 Å². The number of carbonyl (C=O) groups excluding carboxylic acids is 1. The van der Waals surface area contributed by atoms with Crippen molar-refractivity contribution in [3.05, 3.63) is 94.5 Å². The first-order valence-electron chi connectivity index (χ1n) is 9.33. The van der Waals surface area contributed by atoms with Gasteiger partial charge in [-0.25, -0.2) is 0 Å². The van der Waals surface area contributed by atoms with Crippen molar-refractivity contribution in [2.24, 2.45) is 0 Å². The highest BCUT2D eigenvalue weighted by Crippen LogP contribution is 2.38. The Kier molecular flexibility index (Phi) is 5.08. The van der Waals surface area contributed by atoms with Gasteiger partial charge >= 0.3 is 6.18 Å². The molecule has 4 rings (SSSR count). The molecule has 152 valence electrons. The predicted molar refractivity (Wildman–Crippen MR) is 110 cm³/mol. The molecule has 0 bridgehead atoms. The third-order valence-electron chi connectivity index (χ3n) is 4.81. The summed E-state index contributed by atoms with van der Waals surface area (Å²) < 4.78 is 44.4. The summed E-state index contributed by atoms with van der Waals surface area (Å²) in [6.45, 7) is 2.46. The fourth-order valence-corrected chi connectivity index (χ4v) is 3.31. The van der Waals surface area contributed by atoms with Crippen LogP contribution in [0.2, 0.25) is 0 Å². The van der Waals surface area contributed by atoms with E-state index >= 15 is 0 Å². The van der Waals surface area contributed by atoms with Crippen LogP contribution in [0.25, 0.3) is 11.6 Å². The van der Waals surface area contributed by atoms with Crippen LogP contribution in [0.3, 0.4) is 0 Å². The molecule has 1 N–H and O–H groups in total. The molecule has 1 amide bonds. The van der Waals surface area contributed by atoms with Crippen molar-refractivity contribution in [2.45, 2.75) is 19.7 Å². The van der Waals surface area contributed by atoms with E-state index < -0.39 is 17.6 Å². The third kappa shape index (κ3) is 4.22. The molecule has 0 aliphatic carbocycles. The van der Waals surface area contributed by atoms with Crippen molar-refractivity contribution in [3.8, 4) is 5.75 Å². The molecule has 0 saturated carbocycles. The van der Waals surface area contributed by atoms with Gasteiger partial charge in [0.2, 0.25) is 0 Å². The Balaban J connectivity index is 1.51. The minimum absolute atomic E-state index is 0.166. The van der Waals surface area contributed by atoms with E-state index in [4.69, 9.17) is 4.74 Å². The van der Waals surface area contributed by atoms with E-state index in [0.717, 1.165) is 28.8 Å². The number of alkyl halides is 3. The van der Waals surface area contributed by atoms with E-state index in [-0.39, 0.29) is 5.69 Å². The molecule has 0 spiro atoms. The number of benzene rings is 3. The highest BCUT2D eigenvalue weighted by molar-refractivity contribution is 6.34. The summed E-state index contributed by atoms with van der Waals surface area (Å²) in [6.07, 6.45) is -2.81. The minimum Gasteiger partial charge on any atom is -0.489 e. The average Bonchev–Trinajstić information content (AvgIpc) is 3.01. The van der Waals surface area contributed by atoms with E-state index in [9.17, 15) is 18.0 Å². The molecule has 0 saturated heterocycles. The van der Waals surface area contributed by atoms with Crippen molar-refractivity contribution in [1.82, 2.24) is 0 Å². The third-order valence-corrected chi connectivity index (χ3v) is 4.81. The minimum atomic E-state index is -4.46. The van der Waals surface area contributed by atoms with E-state index in [1.54, 1.807) is 30.3 Å². The first-order chi connectivity index (χ1) is 14.3. The highest BCUT2D eigenvalue weighted by Gasteiger charge is 2.33. The summed E-state index contributed by atoms with van der Waals surface area (Å²) in [7, 11) is 0. The van der Waals surface area contributed by atoms with Crippen molar-refractivity contribution in [1.29, 1.82) is 0 Å². The van der Waals surface area contributed by atoms with Crippen LogP contribution in [-0.2, 0) is 17.6 Å². The van der Waals surface area contributed by atoms with Crippen molar-refractivity contribution in [3.63, 3.8) is 0 Å². The maximum atomic E-state index is 12.9. The number of rotatable bonds is 4. The zero-order chi connectivity index (χ0) is 21.3. The molecule has 0 fully saturated rings. The molecule has 3 nitrogen and oxygen atoms in total. The van der Waals surface area contributed by atoms with Crippen LogP contribution in [-0.4, -0.2) is 5.91 Å². The molecule has 0 atom stereocenters. The van der Waals surface area contributed by atoms with Crippen LogP contribution < -0.4 is 10.1 Å². The SMILES string of the molecule is Cc1cccc(COc2ccc(/C=C3\C(=O)Nc4cc(C(F)(F)F)ccc43)cc2)c1. The van der Waals surface area contributed by atoms with E-state index in [2.05, 4.69) is 11.4 Å². The molecule has 6 heteroatoms. The van der Waals surface area contributed by atoms with Crippen LogP contribution in [0.5, 0.6) is 5.75 Å². The Bertz CT molecular complexity index is 1130. The van der Waals surface area contributed by atoms with Crippen molar-refractivity contribution < 1.29 is 22.7 Å². The van der Waals surface area contributed by atoms with E-state index in [1.807, 2.05) is 25.1 Å². The summed E-state index contributed by atoms with van der Waals surface area (Å²) in [5.41, 5.74) is 3.13. The number of amides is 1. The normalized spacial score (nSPS) is 14.5. The Morgan fingerprint density at radius 2 is 1.77 bits per heavy atom. The van der Waals surface area contributed by atoms with E-state index in [1.165, 1.54) is 6.07 Å². The van der Waals surface area contributed by atoms with Crippen molar-refractivity contribution in [2.75, 3.05) is 5.32 Å². The Labute approximate surface area is 171 Å². The van der Waals surface area contributed by atoms with Gasteiger partial charge in [0, 0.05) is 16.8 Å². The molecule has 0 radical (unpaired) electrons. The number of fused-ring (bicyclic) bond motifs is 1. The Morgan fingerprint density at radius 1 is 1.00 bits per heavy atom. The first-order valence-corrected chi connectivity index (χ1v) is 9.33. The highest BCUT2D eigenvalue weighted by atomic mass is 19.4. The van der Waals surface area contributed by atoms with E-state index in [0.29, 0.717) is 23.5 Å². The number of ether oxygens (including phenoxy) is 1. The number of carbonyl (C=O) groups is 1. The molecule has 3 aromatic rings. The van der Waals surface area contributed by atoms with Crippen LogP contribution in [0.1, 0.15) is 27.8 Å². The molecule has 3 aromatic carbocycles. The Morgan fingerprint density at radius 3 is 2.47 bits per heavy atom. The molecule has 0 aromatic heterocycles. The van der Waals surface area contributed by atoms with Gasteiger partial charge in [-0.3, -0.25) is 4.79 Å². The summed E-state index contributed by atoms with van der Waals surface area (Å²) >= 11 is 0. The molecule has 1 heterocycles. The molecule has 1 aliphatic rings. The zero-order valence-electron chi connectivity index (χ0n) is 16.1. The van der Waals surface area contributed by atoms with Gasteiger partial charge in [0.15, 0.2) is 0 Å². The second-order valence-electron chi connectivity index (χ2n) is 7.12. The standard InChI is InChI=1S/C24H18F3NO2/c1-15-3-2-4-17(11-15)14-30-19-8-5-16(6-9-19)12-21-20-10-7-18(24(25,26)27)13-22(20)28-23(21)29/h2-13H,14H2,1H3,(H,28,29)/b21-12-. The van der Waals surface area contributed by atoms with Gasteiger partial charge in [-0.15, -0.1) is 0 Å². The summed E-state index contributed by atoms with van der Waals surface area (Å²) in [5, 5.41) is 2.50. The Hall–Kier alpha value is -3.54. The second-order valence-corrected chi connectivity index (χ2v) is 7.12. The van der Waals surface area contributed by atoms with Crippen LogP contribution >= 0.6 is 0 Å². The summed E-state index contributed by atoms with van der Waals surface area (Å²) in [5.74, 6) is 0.258. The number of halogens is 3. The number of nitrogens with one attached hydrogen (secondary N) is 1. The number of hydrogen-bond donors (Lipinski definition) is 1.